The predicted octanol–water partition coefficient (Wildman–Crippen LogP) is 22.8. The molecule has 5 heteroatoms. The van der Waals surface area contributed by atoms with Crippen molar-refractivity contribution in [2.75, 3.05) is 0 Å². The van der Waals surface area contributed by atoms with E-state index in [9.17, 15) is 0 Å². The molecule has 94 heavy (non-hydrogen) atoms. The Balaban J connectivity index is 0.737. The highest BCUT2D eigenvalue weighted by atomic mass is 15.0. The molecule has 0 saturated heterocycles. The van der Waals surface area contributed by atoms with Crippen LogP contribution in [-0.4, -0.2) is 23.7 Å². The van der Waals surface area contributed by atoms with Gasteiger partial charge in [0.1, 0.15) is 0 Å². The van der Waals surface area contributed by atoms with Gasteiger partial charge in [-0.05, 0) is 175 Å². The zero-order chi connectivity index (χ0) is 62.7. The number of fused-ring (bicyclic) bond motifs is 22. The van der Waals surface area contributed by atoms with E-state index >= 15 is 0 Å². The zero-order valence-corrected chi connectivity index (χ0v) is 53.2. The Morgan fingerprint density at radius 1 is 0.255 bits per heavy atom. The van der Waals surface area contributed by atoms with Crippen molar-refractivity contribution in [3.05, 3.63) is 306 Å². The molecule has 0 amide bonds. The summed E-state index contributed by atoms with van der Waals surface area (Å²) >= 11 is 0. The lowest BCUT2D eigenvalue weighted by Crippen LogP contribution is -2.15. The minimum Gasteiger partial charge on any atom is -0.309 e. The summed E-state index contributed by atoms with van der Waals surface area (Å²) in [4.78, 5) is 11.1. The number of rotatable bonds is 6. The van der Waals surface area contributed by atoms with Crippen molar-refractivity contribution < 1.29 is 0 Å². The summed E-state index contributed by atoms with van der Waals surface area (Å²) in [6, 6.07) is 102. The van der Waals surface area contributed by atoms with Crippen LogP contribution in [0.15, 0.2) is 273 Å². The van der Waals surface area contributed by atoms with E-state index in [2.05, 4.69) is 328 Å². The third-order valence-corrected chi connectivity index (χ3v) is 22.0. The third-order valence-electron chi connectivity index (χ3n) is 22.0. The molecule has 0 spiro atoms. The summed E-state index contributed by atoms with van der Waals surface area (Å²) in [5, 5.41) is 8.75. The van der Waals surface area contributed by atoms with Gasteiger partial charge in [0.05, 0.1) is 44.3 Å². The number of benzene rings is 13. The molecule has 4 heterocycles. The van der Waals surface area contributed by atoms with Crippen LogP contribution < -0.4 is 0 Å². The molecule has 20 rings (SSSR count). The Labute approximate surface area is 545 Å². The molecule has 0 N–H and O–H groups in total. The van der Waals surface area contributed by atoms with Crippen molar-refractivity contribution in [1.82, 2.24) is 23.7 Å². The van der Waals surface area contributed by atoms with Gasteiger partial charge in [0.2, 0.25) is 0 Å². The maximum Gasteiger partial charge on any atom is 0.160 e. The lowest BCUT2D eigenvalue weighted by molar-refractivity contribution is 0.666. The first-order chi connectivity index (χ1) is 45.9. The zero-order valence-electron chi connectivity index (χ0n) is 53.2. The molecule has 13 aromatic carbocycles. The van der Waals surface area contributed by atoms with Crippen molar-refractivity contribution in [3.8, 4) is 84.2 Å². The van der Waals surface area contributed by atoms with Gasteiger partial charge in [-0.3, -0.25) is 0 Å². The van der Waals surface area contributed by atoms with Crippen molar-refractivity contribution in [2.24, 2.45) is 0 Å². The molecule has 0 saturated carbocycles. The van der Waals surface area contributed by atoms with Gasteiger partial charge < -0.3 is 13.7 Å². The summed E-state index contributed by atoms with van der Waals surface area (Å²) in [5.41, 5.74) is 32.3. The van der Waals surface area contributed by atoms with Gasteiger partial charge in [-0.2, -0.15) is 0 Å². The van der Waals surface area contributed by atoms with Crippen LogP contribution in [0, 0.1) is 0 Å². The molecule has 0 fully saturated rings. The van der Waals surface area contributed by atoms with Gasteiger partial charge in [-0.15, -0.1) is 0 Å². The molecule has 0 bridgehead atoms. The van der Waals surface area contributed by atoms with Crippen molar-refractivity contribution >= 4 is 76.3 Å². The highest BCUT2D eigenvalue weighted by molar-refractivity contribution is 6.17. The van der Waals surface area contributed by atoms with Crippen LogP contribution in [0.25, 0.3) is 161 Å². The van der Waals surface area contributed by atoms with Crippen LogP contribution in [0.1, 0.15) is 74.9 Å². The lowest BCUT2D eigenvalue weighted by atomic mass is 9.80. The van der Waals surface area contributed by atoms with Crippen molar-refractivity contribution in [3.63, 3.8) is 0 Å². The van der Waals surface area contributed by atoms with Crippen LogP contribution in [0.4, 0.5) is 0 Å². The summed E-state index contributed by atoms with van der Waals surface area (Å²) < 4.78 is 7.37. The number of para-hydroxylation sites is 3. The molecule has 0 radical (unpaired) electrons. The largest absolute Gasteiger partial charge is 0.309 e. The molecule has 3 aliphatic carbocycles. The van der Waals surface area contributed by atoms with Crippen LogP contribution in [0.3, 0.4) is 0 Å². The Morgan fingerprint density at radius 2 is 0.638 bits per heavy atom. The first-order valence-corrected chi connectivity index (χ1v) is 33.1. The number of hydrogen-bond donors (Lipinski definition) is 0. The number of hydrogen-bond acceptors (Lipinski definition) is 2. The van der Waals surface area contributed by atoms with Crippen molar-refractivity contribution in [1.29, 1.82) is 0 Å². The fourth-order valence-electron chi connectivity index (χ4n) is 17.8. The monoisotopic (exact) mass is 1200 g/mol. The lowest BCUT2D eigenvalue weighted by Gasteiger charge is -2.22. The molecule has 444 valence electrons. The summed E-state index contributed by atoms with van der Waals surface area (Å²) in [6.45, 7) is 14.3. The average Bonchev–Trinajstić information content (AvgIpc) is 1.55. The predicted molar refractivity (Wildman–Crippen MR) is 392 cm³/mol. The molecule has 3 aliphatic rings. The SMILES string of the molecule is CC1(C)c2ccccc2-c2ccc3c(c21)c1ccccc1n3-c1ccc(-c2nc(-c3ccc(-n4c5ccccc5c5c6c(ccc54)-c4ccccc4C6(C)C)cc3)c3cc(-c4cccc(-n5c6ccccc6c6c7c(ccc65)-c5ccccc5C7(C)C)c4)ccc3n2)cc1. The fourth-order valence-corrected chi connectivity index (χ4v) is 17.8. The quantitative estimate of drug-likeness (QED) is 0.166. The standard InChI is InChI=1S/C89H63N5/c1-87(2)69-28-13-7-22-59(69)62-43-47-76-79(82(62)87)65-25-10-16-31-73(65)92(76)56-39-34-52(35-40-56)85-68-51-55(54-20-19-21-58(50-54)94-75-33-18-12-27-67(75)81-78(94)49-45-64-61-24-9-15-30-71(61)89(5,6)84(64)81)38-46-72(68)90-86(91-85)53-36-41-57(42-37-53)93-74-32-17-11-26-66(74)80-77(93)48-44-63-60-23-8-14-29-70(60)88(3,4)83(63)80/h7-51H,1-6H3. The summed E-state index contributed by atoms with van der Waals surface area (Å²) in [6.07, 6.45) is 0. The number of aromatic nitrogens is 5. The van der Waals surface area contributed by atoms with Crippen LogP contribution in [-0.2, 0) is 16.2 Å². The van der Waals surface area contributed by atoms with Crippen LogP contribution in [0.2, 0.25) is 0 Å². The van der Waals surface area contributed by atoms with E-state index < -0.39 is 0 Å². The Kier molecular flexibility index (Phi) is 10.7. The van der Waals surface area contributed by atoms with E-state index in [1.165, 1.54) is 132 Å². The van der Waals surface area contributed by atoms with Crippen molar-refractivity contribution in [2.45, 2.75) is 57.8 Å². The maximum atomic E-state index is 5.66. The molecule has 0 aliphatic heterocycles. The second-order valence-corrected chi connectivity index (χ2v) is 28.0. The molecule has 4 aromatic heterocycles. The minimum absolute atomic E-state index is 0.156. The second kappa shape index (κ2) is 18.9. The van der Waals surface area contributed by atoms with Crippen LogP contribution in [0.5, 0.6) is 0 Å². The molecule has 0 unspecified atom stereocenters. The molecule has 17 aromatic rings. The molecular formula is C89H63N5. The first-order valence-electron chi connectivity index (χ1n) is 33.1. The van der Waals surface area contributed by atoms with E-state index in [0.717, 1.165) is 55.9 Å². The highest BCUT2D eigenvalue weighted by Crippen LogP contribution is 2.57. The van der Waals surface area contributed by atoms with Gasteiger partial charge in [0.25, 0.3) is 0 Å². The topological polar surface area (TPSA) is 40.6 Å². The van der Waals surface area contributed by atoms with Gasteiger partial charge in [-0.1, -0.05) is 217 Å². The van der Waals surface area contributed by atoms with Gasteiger partial charge in [0.15, 0.2) is 5.82 Å². The summed E-state index contributed by atoms with van der Waals surface area (Å²) in [7, 11) is 0. The molecule has 0 atom stereocenters. The minimum atomic E-state index is -0.164. The Bertz CT molecular complexity index is 6180. The second-order valence-electron chi connectivity index (χ2n) is 28.0. The fraction of sp³-hybridized carbons (Fsp3) is 0.101. The summed E-state index contributed by atoms with van der Waals surface area (Å²) in [5.74, 6) is 0.677. The van der Waals surface area contributed by atoms with E-state index in [1.54, 1.807) is 0 Å². The maximum absolute atomic E-state index is 5.66. The average molecular weight is 1200 g/mol. The Hall–Kier alpha value is -11.4. The normalized spacial score (nSPS) is 14.5. The van der Waals surface area contributed by atoms with Gasteiger partial charge in [-0.25, -0.2) is 9.97 Å². The first kappa shape index (κ1) is 53.3. The van der Waals surface area contributed by atoms with E-state index in [4.69, 9.17) is 9.97 Å². The van der Waals surface area contributed by atoms with Crippen LogP contribution >= 0.6 is 0 Å². The van der Waals surface area contributed by atoms with Gasteiger partial charge >= 0.3 is 0 Å². The molecule has 5 nitrogen and oxygen atoms in total. The smallest absolute Gasteiger partial charge is 0.160 e. The van der Waals surface area contributed by atoms with Gasteiger partial charge in [0, 0.05) is 82.1 Å². The Morgan fingerprint density at radius 3 is 1.10 bits per heavy atom. The van der Waals surface area contributed by atoms with E-state index in [1.807, 2.05) is 0 Å². The number of nitrogens with zero attached hydrogens (tertiary/aromatic N) is 5. The highest BCUT2D eigenvalue weighted by Gasteiger charge is 2.41. The molecular weight excluding hydrogens is 1140 g/mol. The van der Waals surface area contributed by atoms with E-state index in [0.29, 0.717) is 5.82 Å². The third kappa shape index (κ3) is 7.08. The van der Waals surface area contributed by atoms with E-state index in [-0.39, 0.29) is 16.2 Å².